The first kappa shape index (κ1) is 54.3. The number of esters is 1. The lowest BCUT2D eigenvalue weighted by atomic mass is 9.67. The third-order valence-corrected chi connectivity index (χ3v) is 15.1. The number of nitrogens with zero attached hydrogens (tertiary/aromatic N) is 1. The molecular formula is C52H81NO12. The molecule has 0 aromatic heterocycles. The van der Waals surface area contributed by atoms with Crippen molar-refractivity contribution < 1.29 is 58.2 Å². The van der Waals surface area contributed by atoms with Crippen LogP contribution >= 0.6 is 0 Å². The Balaban J connectivity index is 1.70. The molecule has 1 saturated heterocycles. The monoisotopic (exact) mass is 912 g/mol. The largest absolute Gasteiger partial charge is 0.460 e. The summed E-state index contributed by atoms with van der Waals surface area (Å²) in [6.07, 6.45) is 13.0. The molecule has 3 fully saturated rings. The lowest BCUT2D eigenvalue weighted by Gasteiger charge is -2.43. The van der Waals surface area contributed by atoms with Gasteiger partial charge in [-0.15, -0.1) is 0 Å². The summed E-state index contributed by atoms with van der Waals surface area (Å²) in [5.74, 6) is -4.93. The van der Waals surface area contributed by atoms with Crippen molar-refractivity contribution in [3.05, 3.63) is 47.6 Å². The normalized spacial score (nSPS) is 39.1. The topological polar surface area (TPSA) is 186 Å². The summed E-state index contributed by atoms with van der Waals surface area (Å²) in [5.41, 5.74) is -0.571. The van der Waals surface area contributed by atoms with Crippen LogP contribution in [0.3, 0.4) is 0 Å². The van der Waals surface area contributed by atoms with Gasteiger partial charge >= 0.3 is 5.97 Å². The van der Waals surface area contributed by atoms with E-state index >= 15 is 0 Å². The molecule has 2 aliphatic carbocycles. The van der Waals surface area contributed by atoms with Crippen LogP contribution in [0.15, 0.2) is 47.6 Å². The number of ether oxygens (including phenoxy) is 4. The maximum absolute atomic E-state index is 14.4. The minimum Gasteiger partial charge on any atom is -0.460 e. The van der Waals surface area contributed by atoms with Crippen molar-refractivity contribution in [3.63, 3.8) is 0 Å². The number of Topliss-reactive ketones (excluding diaryl/α,β-unsaturated/α-hetero) is 3. The number of methoxy groups -OCH3 is 3. The number of allylic oxidation sites excluding steroid dienone is 6. The Morgan fingerprint density at radius 2 is 1.57 bits per heavy atom. The van der Waals surface area contributed by atoms with Crippen LogP contribution in [-0.4, -0.2) is 126 Å². The fourth-order valence-corrected chi connectivity index (χ4v) is 10.7. The number of ketones is 3. The zero-order valence-corrected chi connectivity index (χ0v) is 40.9. The summed E-state index contributed by atoms with van der Waals surface area (Å²) in [5, 5.41) is 34.1. The van der Waals surface area contributed by atoms with Gasteiger partial charge in [0.1, 0.15) is 35.7 Å². The van der Waals surface area contributed by atoms with Gasteiger partial charge in [-0.05, 0) is 132 Å². The SMILES string of the molecule is CO[C@H]1C[C@@H]2CC[C@@H](C)[C@@](O)(C2)C(=O)C(=O)N2CCCC[C@H]2C(=O)O[C@H]([C@H](C)C[C@@H]2CC[C@@H](O)[C@H](OC)C2)CC(=O)[C@H](C)/C=C(\C)[C@@H](O)[C@@H](OC)C(=O)[C@H](C)C[C@H](C)/C=C/C=CC=C1C. The Morgan fingerprint density at radius 1 is 0.846 bits per heavy atom. The zero-order valence-electron chi connectivity index (χ0n) is 40.9. The van der Waals surface area contributed by atoms with Gasteiger partial charge in [0.15, 0.2) is 5.78 Å². The standard InChI is InChI=1S/C52H81NO12/c1-31-16-12-11-13-17-32(2)43(62-8)28-39-20-19-37(7)52(61,30-39)49(58)50(59)53-23-15-14-18-40(53)51(60)65-44(34(4)26-38-21-22-41(54)45(27-38)63-9)29-42(55)33(3)25-36(6)47(57)48(64-10)46(56)35(5)24-31/h11-13,16-17,25,31,33-35,37-41,43-45,47-48,54,57,61H,14-15,18-24,26-30H2,1-10H3/b13-11?,16-12+,32-17?,36-25+/t31-,33-,34-,35-,37-,38+,39+,40+,41-,43+,44+,45-,47-,48+,52+/m1/s1. The second-order valence-corrected chi connectivity index (χ2v) is 20.1. The van der Waals surface area contributed by atoms with Gasteiger partial charge in [-0.3, -0.25) is 19.2 Å². The molecule has 13 nitrogen and oxygen atoms in total. The molecular weight excluding hydrogens is 831 g/mol. The third kappa shape index (κ3) is 14.3. The Labute approximate surface area is 388 Å². The molecule has 0 aromatic carbocycles. The van der Waals surface area contributed by atoms with Crippen LogP contribution in [0.5, 0.6) is 0 Å². The molecule has 1 amide bonds. The molecule has 2 aliphatic heterocycles. The highest BCUT2D eigenvalue weighted by Gasteiger charge is 2.51. The first-order valence-corrected chi connectivity index (χ1v) is 24.2. The van der Waals surface area contributed by atoms with Crippen molar-refractivity contribution in [2.75, 3.05) is 27.9 Å². The van der Waals surface area contributed by atoms with Crippen LogP contribution in [0.4, 0.5) is 0 Å². The van der Waals surface area contributed by atoms with E-state index in [2.05, 4.69) is 0 Å². The molecule has 2 bridgehead atoms. The van der Waals surface area contributed by atoms with Gasteiger partial charge in [0.05, 0.1) is 18.3 Å². The molecule has 15 atom stereocenters. The van der Waals surface area contributed by atoms with Gasteiger partial charge in [-0.2, -0.15) is 0 Å². The first-order valence-electron chi connectivity index (χ1n) is 24.2. The lowest BCUT2D eigenvalue weighted by Crippen LogP contribution is -2.59. The van der Waals surface area contributed by atoms with Crippen LogP contribution in [0, 0.1) is 41.4 Å². The van der Waals surface area contributed by atoms with Crippen LogP contribution in [0.2, 0.25) is 0 Å². The van der Waals surface area contributed by atoms with Gasteiger partial charge in [0.2, 0.25) is 0 Å². The van der Waals surface area contributed by atoms with Crippen molar-refractivity contribution in [1.82, 2.24) is 4.90 Å². The number of carbonyl (C=O) groups excluding carboxylic acids is 5. The predicted molar refractivity (Wildman–Crippen MR) is 248 cm³/mol. The number of cyclic esters (lactones) is 1. The fourth-order valence-electron chi connectivity index (χ4n) is 10.7. The number of rotatable bonds is 6. The minimum absolute atomic E-state index is 0.0358. The molecule has 3 N–H and O–H groups in total. The highest BCUT2D eigenvalue weighted by molar-refractivity contribution is 6.39. The van der Waals surface area contributed by atoms with E-state index in [4.69, 9.17) is 18.9 Å². The van der Waals surface area contributed by atoms with Crippen molar-refractivity contribution in [3.8, 4) is 0 Å². The average Bonchev–Trinajstić information content (AvgIpc) is 3.28. The maximum Gasteiger partial charge on any atom is 0.329 e. The summed E-state index contributed by atoms with van der Waals surface area (Å²) in [6.45, 7) is 13.0. The molecule has 4 rings (SSSR count). The Morgan fingerprint density at radius 3 is 2.25 bits per heavy atom. The van der Waals surface area contributed by atoms with Crippen LogP contribution < -0.4 is 0 Å². The summed E-state index contributed by atoms with van der Waals surface area (Å²) < 4.78 is 23.3. The quantitative estimate of drug-likeness (QED) is 0.143. The van der Waals surface area contributed by atoms with E-state index in [1.54, 1.807) is 41.1 Å². The first-order chi connectivity index (χ1) is 30.7. The van der Waals surface area contributed by atoms with E-state index < -0.39 is 71.5 Å². The van der Waals surface area contributed by atoms with Crippen molar-refractivity contribution in [1.29, 1.82) is 0 Å². The Kier molecular flexibility index (Phi) is 21.0. The summed E-state index contributed by atoms with van der Waals surface area (Å²) in [7, 11) is 4.59. The number of hydrogen-bond acceptors (Lipinski definition) is 12. The minimum atomic E-state index is -1.93. The Hall–Kier alpha value is -3.33. The fraction of sp³-hybridized carbons (Fsp3) is 0.750. The van der Waals surface area contributed by atoms with Gasteiger partial charge < -0.3 is 39.2 Å². The van der Waals surface area contributed by atoms with E-state index in [1.807, 2.05) is 58.1 Å². The van der Waals surface area contributed by atoms with Crippen LogP contribution in [0.1, 0.15) is 132 Å². The molecule has 2 heterocycles. The summed E-state index contributed by atoms with van der Waals surface area (Å²) in [4.78, 5) is 72.1. The van der Waals surface area contributed by atoms with E-state index in [0.29, 0.717) is 56.9 Å². The molecule has 366 valence electrons. The van der Waals surface area contributed by atoms with E-state index in [9.17, 15) is 39.3 Å². The van der Waals surface area contributed by atoms with Gasteiger partial charge in [-0.25, -0.2) is 4.79 Å². The molecule has 4 aliphatic rings. The predicted octanol–water partition coefficient (Wildman–Crippen LogP) is 6.84. The highest BCUT2D eigenvalue weighted by Crippen LogP contribution is 2.41. The van der Waals surface area contributed by atoms with E-state index in [-0.39, 0.29) is 73.3 Å². The smallest absolute Gasteiger partial charge is 0.329 e. The van der Waals surface area contributed by atoms with Gasteiger partial charge in [-0.1, -0.05) is 71.1 Å². The molecule has 0 aromatic rings. The second-order valence-electron chi connectivity index (χ2n) is 20.1. The molecule has 0 unspecified atom stereocenters. The van der Waals surface area contributed by atoms with Crippen molar-refractivity contribution >= 4 is 29.2 Å². The maximum atomic E-state index is 14.4. The number of fused-ring (bicyclic) bond motifs is 3. The number of aliphatic hydroxyl groups is 3. The van der Waals surface area contributed by atoms with E-state index in [0.717, 1.165) is 18.4 Å². The number of carbonyl (C=O) groups is 5. The van der Waals surface area contributed by atoms with Crippen LogP contribution in [-0.2, 0) is 42.9 Å². The van der Waals surface area contributed by atoms with Crippen molar-refractivity contribution in [2.24, 2.45) is 41.4 Å². The van der Waals surface area contributed by atoms with Gasteiger partial charge in [0.25, 0.3) is 11.7 Å². The highest BCUT2D eigenvalue weighted by atomic mass is 16.5. The molecule has 0 radical (unpaired) electrons. The lowest BCUT2D eigenvalue weighted by molar-refractivity contribution is -0.171. The van der Waals surface area contributed by atoms with Crippen molar-refractivity contribution in [2.45, 2.75) is 180 Å². The number of amides is 1. The number of hydrogen-bond donors (Lipinski definition) is 3. The second kappa shape index (κ2) is 25.2. The zero-order chi connectivity index (χ0) is 48.2. The number of piperidine rings is 1. The molecule has 65 heavy (non-hydrogen) atoms. The summed E-state index contributed by atoms with van der Waals surface area (Å²) >= 11 is 0. The molecule has 2 saturated carbocycles. The average molecular weight is 912 g/mol. The molecule has 13 heteroatoms. The summed E-state index contributed by atoms with van der Waals surface area (Å²) in [6, 6.07) is -1.08. The van der Waals surface area contributed by atoms with Gasteiger partial charge in [0, 0.05) is 46.1 Å². The third-order valence-electron chi connectivity index (χ3n) is 15.1. The Bertz CT molecular complexity index is 1750. The van der Waals surface area contributed by atoms with Crippen LogP contribution in [0.25, 0.3) is 0 Å². The number of aliphatic hydroxyl groups excluding tert-OH is 2. The molecule has 0 spiro atoms. The van der Waals surface area contributed by atoms with E-state index in [1.165, 1.54) is 12.0 Å².